The van der Waals surface area contributed by atoms with Crippen molar-refractivity contribution in [1.82, 2.24) is 10.1 Å². The fraction of sp³-hybridized carbons (Fsp3) is 0.147. The van der Waals surface area contributed by atoms with Crippen LogP contribution in [-0.2, 0) is 19.4 Å². The Morgan fingerprint density at radius 2 is 1.77 bits per heavy atom. The third-order valence-corrected chi connectivity index (χ3v) is 7.40. The number of rotatable bonds is 12. The second-order valence-electron chi connectivity index (χ2n) is 10.1. The van der Waals surface area contributed by atoms with Crippen LogP contribution in [0.4, 0.5) is 4.39 Å². The van der Waals surface area contributed by atoms with Crippen LogP contribution in [0, 0.1) is 11.7 Å². The predicted molar refractivity (Wildman–Crippen MR) is 163 cm³/mol. The highest BCUT2D eigenvalue weighted by Gasteiger charge is 2.12. The second-order valence-corrected chi connectivity index (χ2v) is 10.5. The summed E-state index contributed by atoms with van der Waals surface area (Å²) >= 11 is 6.28. The number of aromatic nitrogens is 2. The van der Waals surface area contributed by atoms with E-state index in [2.05, 4.69) is 14.7 Å². The third kappa shape index (κ3) is 8.08. The Hall–Kier alpha value is -4.95. The molecular formula is C34H28ClFN2O5. The van der Waals surface area contributed by atoms with Gasteiger partial charge in [0.2, 0.25) is 0 Å². The maximum Gasteiger partial charge on any atom is 0.439 e. The number of nitrogens with zero attached hydrogens (tertiary/aromatic N) is 1. The Morgan fingerprint density at radius 3 is 2.47 bits per heavy atom. The minimum atomic E-state index is -0.975. The molecule has 0 saturated carbocycles. The van der Waals surface area contributed by atoms with E-state index in [1.165, 1.54) is 12.1 Å². The number of hydrogen-bond donors (Lipinski definition) is 2. The lowest BCUT2D eigenvalue weighted by molar-refractivity contribution is 0.0697. The van der Waals surface area contributed by atoms with Gasteiger partial charge in [-0.1, -0.05) is 83.5 Å². The van der Waals surface area contributed by atoms with Gasteiger partial charge in [0.15, 0.2) is 5.82 Å². The largest absolute Gasteiger partial charge is 0.488 e. The van der Waals surface area contributed by atoms with E-state index in [9.17, 15) is 19.1 Å². The fourth-order valence-electron chi connectivity index (χ4n) is 4.68. The zero-order valence-electron chi connectivity index (χ0n) is 23.0. The molecule has 0 radical (unpaired) electrons. The lowest BCUT2D eigenvalue weighted by Gasteiger charge is -2.15. The van der Waals surface area contributed by atoms with Crippen molar-refractivity contribution in [3.05, 3.63) is 146 Å². The maximum absolute atomic E-state index is 14.3. The van der Waals surface area contributed by atoms with Crippen LogP contribution in [0.25, 0.3) is 17.5 Å². The molecule has 1 heterocycles. The maximum atomic E-state index is 14.3. The van der Waals surface area contributed by atoms with Crippen LogP contribution in [0.5, 0.6) is 5.75 Å². The van der Waals surface area contributed by atoms with E-state index in [-0.39, 0.29) is 23.9 Å². The van der Waals surface area contributed by atoms with E-state index >= 15 is 0 Å². The van der Waals surface area contributed by atoms with Gasteiger partial charge in [-0.05, 0) is 72.7 Å². The molecule has 218 valence electrons. The van der Waals surface area contributed by atoms with Crippen molar-refractivity contribution in [3.8, 4) is 17.1 Å². The van der Waals surface area contributed by atoms with E-state index in [1.807, 2.05) is 66.7 Å². The van der Waals surface area contributed by atoms with Crippen molar-refractivity contribution >= 4 is 23.6 Å². The summed E-state index contributed by atoms with van der Waals surface area (Å²) in [5.41, 5.74) is 4.46. The summed E-state index contributed by atoms with van der Waals surface area (Å²) in [6.07, 6.45) is 6.07. The van der Waals surface area contributed by atoms with Crippen molar-refractivity contribution in [3.63, 3.8) is 0 Å². The predicted octanol–water partition coefficient (Wildman–Crippen LogP) is 7.60. The van der Waals surface area contributed by atoms with Gasteiger partial charge in [0, 0.05) is 21.7 Å². The van der Waals surface area contributed by atoms with Crippen molar-refractivity contribution < 1.29 is 23.6 Å². The molecule has 5 rings (SSSR count). The fourth-order valence-corrected chi connectivity index (χ4v) is 4.87. The quantitative estimate of drug-likeness (QED) is 0.153. The Labute approximate surface area is 252 Å². The summed E-state index contributed by atoms with van der Waals surface area (Å²) in [7, 11) is 0. The molecule has 7 nitrogen and oxygen atoms in total. The molecule has 4 aromatic carbocycles. The zero-order chi connectivity index (χ0) is 30.2. The van der Waals surface area contributed by atoms with Gasteiger partial charge in [0.25, 0.3) is 0 Å². The number of nitrogens with one attached hydrogen (secondary N) is 1. The monoisotopic (exact) mass is 598 g/mol. The highest BCUT2D eigenvalue weighted by molar-refractivity contribution is 6.31. The molecule has 0 fully saturated rings. The molecule has 5 aromatic rings. The summed E-state index contributed by atoms with van der Waals surface area (Å²) in [6.45, 7) is 0.240. The molecule has 0 aliphatic carbocycles. The second kappa shape index (κ2) is 13.8. The number of carboxylic acids is 1. The number of aryl methyl sites for hydroxylation is 1. The van der Waals surface area contributed by atoms with E-state index in [4.69, 9.17) is 16.3 Å². The van der Waals surface area contributed by atoms with Gasteiger partial charge in [-0.25, -0.2) is 14.0 Å². The highest BCUT2D eigenvalue weighted by atomic mass is 35.5. The number of benzene rings is 4. The summed E-state index contributed by atoms with van der Waals surface area (Å²) in [4.78, 5) is 25.1. The van der Waals surface area contributed by atoms with Crippen molar-refractivity contribution in [2.75, 3.05) is 0 Å². The van der Waals surface area contributed by atoms with Crippen molar-refractivity contribution in [2.45, 2.75) is 25.9 Å². The summed E-state index contributed by atoms with van der Waals surface area (Å²) in [5.74, 6) is -1.02. The normalized spacial score (nSPS) is 12.0. The molecule has 0 spiro atoms. The standard InChI is InChI=1S/C34H28ClFN2O5/c35-30-4-2-1-3-28(30)21-42-31-18-17-29(36)20-27(31)16-11-23(19-24-9-14-26(15-10-24)33(39)40)6-5-22-7-12-25(13-8-22)32-37-34(41)43-38-32/h1-4,7-18,20,23H,5-6,19,21H2,(H,39,40)(H,37,38,41)/b16-11+. The number of H-pyrrole nitrogens is 1. The Kier molecular flexibility index (Phi) is 9.49. The summed E-state index contributed by atoms with van der Waals surface area (Å²) in [5, 5.41) is 13.6. The van der Waals surface area contributed by atoms with E-state index in [0.717, 1.165) is 35.1 Å². The van der Waals surface area contributed by atoms with Gasteiger partial charge in [0.1, 0.15) is 18.2 Å². The van der Waals surface area contributed by atoms with Gasteiger partial charge in [0.05, 0.1) is 5.56 Å². The molecular weight excluding hydrogens is 571 g/mol. The SMILES string of the molecule is O=C(O)c1ccc(CC(/C=C/c2cc(F)ccc2OCc2ccccc2Cl)CCc2ccc(-c3noc(=O)[nH]3)cc2)cc1. The molecule has 0 aliphatic rings. The lowest BCUT2D eigenvalue weighted by atomic mass is 9.91. The molecule has 1 aromatic heterocycles. The number of hydrogen-bond acceptors (Lipinski definition) is 5. The van der Waals surface area contributed by atoms with Gasteiger partial charge in [-0.15, -0.1) is 0 Å². The van der Waals surface area contributed by atoms with Crippen LogP contribution in [-0.4, -0.2) is 21.2 Å². The molecule has 2 N–H and O–H groups in total. The van der Waals surface area contributed by atoms with Crippen LogP contribution in [0.15, 0.2) is 106 Å². The molecule has 1 unspecified atom stereocenters. The van der Waals surface area contributed by atoms with Crippen LogP contribution in [0.2, 0.25) is 5.02 Å². The molecule has 0 bridgehead atoms. The Morgan fingerprint density at radius 1 is 1.02 bits per heavy atom. The number of carbonyl (C=O) groups is 1. The van der Waals surface area contributed by atoms with E-state index < -0.39 is 11.7 Å². The number of aromatic amines is 1. The molecule has 0 aliphatic heterocycles. The first-order valence-electron chi connectivity index (χ1n) is 13.7. The zero-order valence-corrected chi connectivity index (χ0v) is 23.8. The first-order valence-corrected chi connectivity index (χ1v) is 14.0. The summed E-state index contributed by atoms with van der Waals surface area (Å²) < 4.78 is 24.9. The number of allylic oxidation sites excluding steroid dienone is 1. The van der Waals surface area contributed by atoms with Crippen molar-refractivity contribution in [2.24, 2.45) is 5.92 Å². The van der Waals surface area contributed by atoms with Crippen LogP contribution < -0.4 is 10.5 Å². The molecule has 1 atom stereocenters. The summed E-state index contributed by atoms with van der Waals surface area (Å²) in [6, 6.07) is 26.3. The average molecular weight is 599 g/mol. The van der Waals surface area contributed by atoms with E-state index in [0.29, 0.717) is 28.6 Å². The first-order chi connectivity index (χ1) is 20.8. The Bertz CT molecular complexity index is 1780. The first kappa shape index (κ1) is 29.5. The number of halogens is 2. The van der Waals surface area contributed by atoms with E-state index in [1.54, 1.807) is 24.3 Å². The number of aromatic carboxylic acids is 1. The van der Waals surface area contributed by atoms with Gasteiger partial charge in [-0.2, -0.15) is 0 Å². The highest BCUT2D eigenvalue weighted by Crippen LogP contribution is 2.27. The smallest absolute Gasteiger partial charge is 0.439 e. The average Bonchev–Trinajstić information content (AvgIpc) is 3.45. The van der Waals surface area contributed by atoms with Crippen LogP contribution in [0.3, 0.4) is 0 Å². The van der Waals surface area contributed by atoms with Crippen LogP contribution in [0.1, 0.15) is 39.0 Å². The van der Waals surface area contributed by atoms with Gasteiger partial charge < -0.3 is 9.84 Å². The molecule has 43 heavy (non-hydrogen) atoms. The third-order valence-electron chi connectivity index (χ3n) is 7.03. The number of carboxylic acid groups (broad SMARTS) is 1. The number of ether oxygens (including phenoxy) is 1. The van der Waals surface area contributed by atoms with Crippen molar-refractivity contribution in [1.29, 1.82) is 0 Å². The topological polar surface area (TPSA) is 105 Å². The minimum Gasteiger partial charge on any atom is -0.488 e. The lowest BCUT2D eigenvalue weighted by Crippen LogP contribution is -2.05. The van der Waals surface area contributed by atoms with Gasteiger partial charge in [-0.3, -0.25) is 9.51 Å². The minimum absolute atomic E-state index is 0.0435. The van der Waals surface area contributed by atoms with Gasteiger partial charge >= 0.3 is 11.7 Å². The molecule has 9 heteroatoms. The molecule has 0 amide bonds. The molecule has 0 saturated heterocycles. The van der Waals surface area contributed by atoms with Crippen LogP contribution >= 0.6 is 11.6 Å². The Balaban J connectivity index is 1.34.